The summed E-state index contributed by atoms with van der Waals surface area (Å²) in [7, 11) is 0.525. The molecule has 24 heavy (non-hydrogen) atoms. The van der Waals surface area contributed by atoms with Crippen molar-refractivity contribution < 1.29 is 24.1 Å². The van der Waals surface area contributed by atoms with Gasteiger partial charge in [-0.3, -0.25) is 0 Å². The van der Waals surface area contributed by atoms with Crippen LogP contribution >= 0.6 is 15.8 Å². The molecular weight excluding hydrogens is 418 g/mol. The van der Waals surface area contributed by atoms with Crippen molar-refractivity contribution in [2.45, 2.75) is 117 Å². The summed E-state index contributed by atoms with van der Waals surface area (Å²) in [5, 5.41) is 0. The molecular formula is C19H42BOP2Ru. The molecule has 145 valence electrons. The maximum Gasteiger partial charge on any atom is 1.00 e. The molecule has 0 atom stereocenters. The van der Waals surface area contributed by atoms with Gasteiger partial charge >= 0.3 is 30.8 Å². The van der Waals surface area contributed by atoms with Gasteiger partial charge in [-0.05, 0) is 34.0 Å². The summed E-state index contributed by atoms with van der Waals surface area (Å²) in [4.78, 5) is 0. The van der Waals surface area contributed by atoms with E-state index in [0.29, 0.717) is 0 Å². The van der Waals surface area contributed by atoms with Crippen molar-refractivity contribution in [3.63, 3.8) is 0 Å². The summed E-state index contributed by atoms with van der Waals surface area (Å²) in [6.07, 6.45) is 0. The first-order valence-electron chi connectivity index (χ1n) is 8.68. The van der Waals surface area contributed by atoms with E-state index in [-0.39, 0.29) is 43.7 Å². The molecule has 0 aliphatic rings. The van der Waals surface area contributed by atoms with Crippen molar-refractivity contribution in [1.82, 2.24) is 0 Å². The predicted molar refractivity (Wildman–Crippen MR) is 114 cm³/mol. The van der Waals surface area contributed by atoms with Gasteiger partial charge in [0.2, 0.25) is 0 Å². The average molecular weight is 460 g/mol. The number of hydrogen-bond acceptors (Lipinski definition) is 0. The summed E-state index contributed by atoms with van der Waals surface area (Å²) in [6.45, 7) is 32.7. The van der Waals surface area contributed by atoms with Gasteiger partial charge in [0.15, 0.2) is 0 Å². The van der Waals surface area contributed by atoms with E-state index in [2.05, 4.69) is 89.7 Å². The van der Waals surface area contributed by atoms with Gasteiger partial charge < -0.3 is 8.41 Å². The average Bonchev–Trinajstić information content (AvgIpc) is 2.28. The van der Waals surface area contributed by atoms with Gasteiger partial charge in [0, 0.05) is 0 Å². The fourth-order valence-electron chi connectivity index (χ4n) is 3.58. The largest absolute Gasteiger partial charge is 1.00 e. The Kier molecular flexibility index (Phi) is 31.1. The molecule has 5 heteroatoms. The zero-order valence-corrected chi connectivity index (χ0v) is 21.7. The van der Waals surface area contributed by atoms with Crippen LogP contribution in [0.15, 0.2) is 0 Å². The third-order valence-electron chi connectivity index (χ3n) is 3.58. The quantitative estimate of drug-likeness (QED) is 0.177. The molecule has 0 aromatic rings. The van der Waals surface area contributed by atoms with Crippen molar-refractivity contribution in [2.24, 2.45) is 0 Å². The third kappa shape index (κ3) is 18.1. The molecule has 0 amide bonds. The molecule has 0 fully saturated rings. The van der Waals surface area contributed by atoms with Gasteiger partial charge in [0.05, 0.1) is 0 Å². The topological polar surface area (TPSA) is 19.9 Å². The summed E-state index contributed by atoms with van der Waals surface area (Å²) < 4.78 is 7.50. The van der Waals surface area contributed by atoms with E-state index in [1.54, 1.807) is 0 Å². The zero-order chi connectivity index (χ0) is 18.6. The van der Waals surface area contributed by atoms with Crippen LogP contribution in [-0.2, 0) is 24.1 Å². The van der Waals surface area contributed by atoms with Gasteiger partial charge in [-0.25, -0.2) is 0 Å². The molecule has 0 aliphatic heterocycles. The van der Waals surface area contributed by atoms with Gasteiger partial charge in [-0.2, -0.15) is 0 Å². The molecule has 0 unspecified atom stereocenters. The number of rotatable bonds is 6. The van der Waals surface area contributed by atoms with Crippen molar-refractivity contribution in [1.29, 1.82) is 0 Å². The van der Waals surface area contributed by atoms with Crippen molar-refractivity contribution in [3.8, 4) is 0 Å². The van der Waals surface area contributed by atoms with Gasteiger partial charge in [-0.15, -0.1) is 0 Å². The van der Waals surface area contributed by atoms with Crippen molar-refractivity contribution >= 4 is 24.3 Å². The Labute approximate surface area is 171 Å². The van der Waals surface area contributed by atoms with Crippen molar-refractivity contribution in [3.05, 3.63) is 6.65 Å². The van der Waals surface area contributed by atoms with E-state index < -0.39 is 0 Å². The van der Waals surface area contributed by atoms with Crippen LogP contribution in [-0.4, -0.2) is 42.4 Å². The van der Waals surface area contributed by atoms with Crippen LogP contribution in [0.3, 0.4) is 0 Å². The molecule has 0 heterocycles. The maximum atomic E-state index is 7.50. The van der Waals surface area contributed by atoms with Crippen LogP contribution in [0.2, 0.25) is 0 Å². The first-order chi connectivity index (χ1) is 9.93. The minimum Gasteiger partial charge on any atom is 1.00 e. The Balaban J connectivity index is -0.0000000843. The second kappa shape index (κ2) is 20.6. The molecule has 0 bridgehead atoms. The Morgan fingerprint density at radius 2 is 0.542 bits per heavy atom. The molecule has 0 saturated heterocycles. The molecule has 0 aromatic carbocycles. The van der Waals surface area contributed by atoms with Crippen LogP contribution in [0.25, 0.3) is 0 Å². The predicted octanol–water partition coefficient (Wildman–Crippen LogP) is 6.97. The van der Waals surface area contributed by atoms with E-state index in [9.17, 15) is 0 Å². The third-order valence-corrected chi connectivity index (χ3v) is 10.7. The summed E-state index contributed by atoms with van der Waals surface area (Å²) >= 11 is 0. The van der Waals surface area contributed by atoms with E-state index in [4.69, 9.17) is 4.65 Å². The number of hydrogen-bond donors (Lipinski definition) is 0. The minimum atomic E-state index is 0. The van der Waals surface area contributed by atoms with E-state index in [0.717, 1.165) is 34.0 Å². The normalized spacial score (nSPS) is 10.6. The summed E-state index contributed by atoms with van der Waals surface area (Å²) in [6, 6.07) is 0. The van der Waals surface area contributed by atoms with Crippen LogP contribution in [0.4, 0.5) is 0 Å². The van der Waals surface area contributed by atoms with Crippen LogP contribution in [0.1, 0.15) is 83.1 Å². The smallest absolute Gasteiger partial charge is 1.00 e. The maximum absolute atomic E-state index is 7.50. The second-order valence-electron chi connectivity index (χ2n) is 7.46. The first kappa shape index (κ1) is 36.2. The van der Waals surface area contributed by atoms with Gasteiger partial charge in [0.25, 0.3) is 0 Å². The van der Waals surface area contributed by atoms with Crippen LogP contribution < -0.4 is 0 Å². The standard InChI is InChI=1S/2C9H21P.CO.B.Ru/c2*1-7(2)10(8(3)4)9(5)6;1-2;;/h2*7-9H,1-6H3;;;/q;;;-1;+1. The Hall–Kier alpha value is 1.29. The summed E-state index contributed by atoms with van der Waals surface area (Å²) in [5.74, 6) is 0. The SMILES string of the molecule is CC(C)P(C(C)C)C(C)C.CC(C)P(C(C)C)C(C)C.[B-].[C-]#[O+].[Ru+]. The van der Waals surface area contributed by atoms with Crippen LogP contribution in [0, 0.1) is 6.65 Å². The monoisotopic (exact) mass is 461 g/mol. The zero-order valence-electron chi connectivity index (χ0n) is 18.2. The Bertz CT molecular complexity index is 205. The molecule has 1 nitrogen and oxygen atoms in total. The molecule has 0 N–H and O–H groups in total. The fourth-order valence-corrected chi connectivity index (χ4v) is 10.7. The molecule has 0 rings (SSSR count). The molecule has 0 aliphatic carbocycles. The fraction of sp³-hybridized carbons (Fsp3) is 0.947. The van der Waals surface area contributed by atoms with Gasteiger partial charge in [0.1, 0.15) is 0 Å². The van der Waals surface area contributed by atoms with E-state index in [1.807, 2.05) is 0 Å². The molecule has 0 saturated carbocycles. The molecule has 0 spiro atoms. The van der Waals surface area contributed by atoms with Crippen LogP contribution in [0.5, 0.6) is 0 Å². The van der Waals surface area contributed by atoms with Gasteiger partial charge in [-0.1, -0.05) is 98.9 Å². The molecule has 0 aromatic heterocycles. The minimum absolute atomic E-state index is 0. The first-order valence-corrected chi connectivity index (χ1v) is 11.8. The Morgan fingerprint density at radius 1 is 0.458 bits per heavy atom. The van der Waals surface area contributed by atoms with E-state index >= 15 is 0 Å². The summed E-state index contributed by atoms with van der Waals surface area (Å²) in [5.41, 5.74) is 5.39. The molecule has 5 radical (unpaired) electrons. The van der Waals surface area contributed by atoms with E-state index in [1.165, 1.54) is 0 Å². The second-order valence-corrected chi connectivity index (χ2v) is 15.4. The van der Waals surface area contributed by atoms with Crippen molar-refractivity contribution in [2.75, 3.05) is 0 Å². The Morgan fingerprint density at radius 3 is 0.542 bits per heavy atom.